The molecule has 8 heteroatoms. The molecule has 0 bridgehead atoms. The quantitative estimate of drug-likeness (QED) is 0.732. The van der Waals surface area contributed by atoms with E-state index in [0.29, 0.717) is 32.1 Å². The van der Waals surface area contributed by atoms with E-state index in [9.17, 15) is 18.8 Å². The van der Waals surface area contributed by atoms with Crippen LogP contribution in [0.2, 0.25) is 0 Å². The van der Waals surface area contributed by atoms with Crippen LogP contribution >= 0.6 is 0 Å². The third kappa shape index (κ3) is 4.56. The van der Waals surface area contributed by atoms with E-state index in [1.807, 2.05) is 6.92 Å². The van der Waals surface area contributed by atoms with Crippen LogP contribution in [0.15, 0.2) is 24.3 Å². The number of benzene rings is 1. The van der Waals surface area contributed by atoms with Gasteiger partial charge in [0.2, 0.25) is 5.91 Å². The van der Waals surface area contributed by atoms with Gasteiger partial charge in [-0.15, -0.1) is 0 Å². The maximum absolute atomic E-state index is 13.0. The molecule has 2 saturated heterocycles. The van der Waals surface area contributed by atoms with Crippen LogP contribution in [0.3, 0.4) is 0 Å². The highest BCUT2D eigenvalue weighted by Gasteiger charge is 2.32. The Labute approximate surface area is 158 Å². The minimum absolute atomic E-state index is 0.0868. The summed E-state index contributed by atoms with van der Waals surface area (Å²) in [4.78, 5) is 41.1. The Bertz CT molecular complexity index is 709. The largest absolute Gasteiger partial charge is 0.371 e. The Balaban J connectivity index is 1.43. The molecule has 2 heterocycles. The van der Waals surface area contributed by atoms with E-state index in [1.165, 1.54) is 21.9 Å². The molecule has 2 aliphatic rings. The van der Waals surface area contributed by atoms with Crippen molar-refractivity contribution in [2.24, 2.45) is 5.92 Å². The van der Waals surface area contributed by atoms with Crippen molar-refractivity contribution in [1.29, 1.82) is 0 Å². The molecule has 0 aliphatic carbocycles. The second kappa shape index (κ2) is 8.37. The van der Waals surface area contributed by atoms with Crippen LogP contribution < -0.4 is 10.2 Å². The average molecular weight is 376 g/mol. The molecule has 2 aliphatic heterocycles. The van der Waals surface area contributed by atoms with Crippen molar-refractivity contribution in [2.45, 2.75) is 13.3 Å². The fourth-order valence-electron chi connectivity index (χ4n) is 3.54. The minimum Gasteiger partial charge on any atom is -0.371 e. The van der Waals surface area contributed by atoms with E-state index in [-0.39, 0.29) is 18.3 Å². The molecule has 146 valence electrons. The first-order chi connectivity index (χ1) is 13.0. The van der Waals surface area contributed by atoms with E-state index >= 15 is 0 Å². The van der Waals surface area contributed by atoms with Crippen molar-refractivity contribution >= 4 is 23.4 Å². The molecular formula is C19H25FN4O3. The van der Waals surface area contributed by atoms with Gasteiger partial charge < -0.3 is 20.0 Å². The average Bonchev–Trinajstić information content (AvgIpc) is 3.14. The Hall–Kier alpha value is -2.64. The molecule has 0 saturated carbocycles. The number of rotatable bonds is 6. The Morgan fingerprint density at radius 3 is 2.48 bits per heavy atom. The molecule has 0 aromatic heterocycles. The van der Waals surface area contributed by atoms with Gasteiger partial charge in [0.25, 0.3) is 0 Å². The highest BCUT2D eigenvalue weighted by Crippen LogP contribution is 2.23. The number of halogens is 1. The number of likely N-dealkylation sites (N-methyl/N-ethyl adjacent to an activating group) is 1. The maximum Gasteiger partial charge on any atom is 0.312 e. The summed E-state index contributed by atoms with van der Waals surface area (Å²) in [7, 11) is 0. The molecule has 2 fully saturated rings. The van der Waals surface area contributed by atoms with E-state index in [0.717, 1.165) is 25.2 Å². The van der Waals surface area contributed by atoms with Gasteiger partial charge >= 0.3 is 11.8 Å². The lowest BCUT2D eigenvalue weighted by molar-refractivity contribution is -0.156. The Morgan fingerprint density at radius 1 is 1.11 bits per heavy atom. The second-order valence-corrected chi connectivity index (χ2v) is 6.99. The molecule has 7 nitrogen and oxygen atoms in total. The highest BCUT2D eigenvalue weighted by atomic mass is 19.1. The molecule has 3 amide bonds. The number of carbonyl (C=O) groups is 3. The van der Waals surface area contributed by atoms with Crippen molar-refractivity contribution in [3.63, 3.8) is 0 Å². The predicted octanol–water partition coefficient (Wildman–Crippen LogP) is 0.459. The first kappa shape index (κ1) is 19.1. The molecule has 0 spiro atoms. The molecule has 3 rings (SSSR count). The zero-order valence-corrected chi connectivity index (χ0v) is 15.5. The number of amides is 3. The molecule has 1 aromatic rings. The molecular weight excluding hydrogens is 351 g/mol. The van der Waals surface area contributed by atoms with Crippen LogP contribution in [0, 0.1) is 11.7 Å². The lowest BCUT2D eigenvalue weighted by Crippen LogP contribution is -2.56. The summed E-state index contributed by atoms with van der Waals surface area (Å²) in [6.45, 7) is 5.25. The van der Waals surface area contributed by atoms with Crippen LogP contribution in [-0.4, -0.2) is 73.3 Å². The number of piperazine rings is 1. The zero-order valence-electron chi connectivity index (χ0n) is 15.5. The van der Waals surface area contributed by atoms with Crippen LogP contribution in [-0.2, 0) is 14.4 Å². The third-order valence-corrected chi connectivity index (χ3v) is 5.18. The first-order valence-corrected chi connectivity index (χ1v) is 9.33. The second-order valence-electron chi connectivity index (χ2n) is 6.99. The normalized spacial score (nSPS) is 20.4. The number of hydrogen-bond donors (Lipinski definition) is 1. The van der Waals surface area contributed by atoms with E-state index < -0.39 is 11.8 Å². The van der Waals surface area contributed by atoms with E-state index in [1.54, 1.807) is 12.1 Å². The number of nitrogens with one attached hydrogen (secondary N) is 1. The summed E-state index contributed by atoms with van der Waals surface area (Å²) in [6.07, 6.45) is 0.935. The van der Waals surface area contributed by atoms with Gasteiger partial charge in [-0.2, -0.15) is 0 Å². The molecule has 1 atom stereocenters. The summed E-state index contributed by atoms with van der Waals surface area (Å²) in [5.74, 6) is -1.35. The van der Waals surface area contributed by atoms with Gasteiger partial charge in [-0.3, -0.25) is 14.4 Å². The Kier molecular flexibility index (Phi) is 5.93. The monoisotopic (exact) mass is 376 g/mol. The van der Waals surface area contributed by atoms with Crippen LogP contribution in [0.5, 0.6) is 0 Å². The molecule has 0 radical (unpaired) electrons. The summed E-state index contributed by atoms with van der Waals surface area (Å²) < 4.78 is 13.0. The van der Waals surface area contributed by atoms with Gasteiger partial charge in [0.1, 0.15) is 12.4 Å². The fourth-order valence-corrected chi connectivity index (χ4v) is 3.54. The van der Waals surface area contributed by atoms with Gasteiger partial charge in [-0.25, -0.2) is 4.39 Å². The fraction of sp³-hybridized carbons (Fsp3) is 0.526. The van der Waals surface area contributed by atoms with Crippen molar-refractivity contribution in [1.82, 2.24) is 15.1 Å². The van der Waals surface area contributed by atoms with Gasteiger partial charge in [0.15, 0.2) is 0 Å². The van der Waals surface area contributed by atoms with Gasteiger partial charge in [0.05, 0.1) is 0 Å². The summed E-state index contributed by atoms with van der Waals surface area (Å²) in [6, 6.07) is 6.41. The molecule has 27 heavy (non-hydrogen) atoms. The standard InChI is InChI=1S/C19H25FN4O3/c1-2-22-9-10-24(19(27)18(22)26)13-17(25)21-11-14-7-8-23(12-14)16-5-3-15(20)4-6-16/h3-6,14H,2,7-13H2,1H3,(H,21,25). The van der Waals surface area contributed by atoms with Gasteiger partial charge in [-0.05, 0) is 43.5 Å². The molecule has 1 N–H and O–H groups in total. The smallest absolute Gasteiger partial charge is 0.312 e. The van der Waals surface area contributed by atoms with Crippen molar-refractivity contribution < 1.29 is 18.8 Å². The summed E-state index contributed by atoms with van der Waals surface area (Å²) in [5, 5.41) is 2.87. The van der Waals surface area contributed by atoms with Crippen molar-refractivity contribution in [2.75, 3.05) is 50.7 Å². The minimum atomic E-state index is -0.610. The van der Waals surface area contributed by atoms with Gasteiger partial charge in [0, 0.05) is 45.0 Å². The van der Waals surface area contributed by atoms with Crippen LogP contribution in [0.1, 0.15) is 13.3 Å². The maximum atomic E-state index is 13.0. The van der Waals surface area contributed by atoms with Crippen molar-refractivity contribution in [3.8, 4) is 0 Å². The van der Waals surface area contributed by atoms with Crippen LogP contribution in [0.4, 0.5) is 10.1 Å². The SMILES string of the molecule is CCN1CCN(CC(=O)NCC2CCN(c3ccc(F)cc3)C2)C(=O)C1=O. The lowest BCUT2D eigenvalue weighted by atomic mass is 10.1. The van der Waals surface area contributed by atoms with Crippen molar-refractivity contribution in [3.05, 3.63) is 30.1 Å². The highest BCUT2D eigenvalue weighted by molar-refractivity contribution is 6.35. The first-order valence-electron chi connectivity index (χ1n) is 9.33. The van der Waals surface area contributed by atoms with E-state index in [4.69, 9.17) is 0 Å². The van der Waals surface area contributed by atoms with Crippen LogP contribution in [0.25, 0.3) is 0 Å². The Morgan fingerprint density at radius 2 is 1.78 bits per heavy atom. The predicted molar refractivity (Wildman–Crippen MR) is 98.6 cm³/mol. The van der Waals surface area contributed by atoms with E-state index in [2.05, 4.69) is 10.2 Å². The number of carbonyl (C=O) groups excluding carboxylic acids is 3. The number of nitrogens with zero attached hydrogens (tertiary/aromatic N) is 3. The number of anilines is 1. The lowest BCUT2D eigenvalue weighted by Gasteiger charge is -2.32. The van der Waals surface area contributed by atoms with Gasteiger partial charge in [-0.1, -0.05) is 0 Å². The topological polar surface area (TPSA) is 73.0 Å². The number of hydrogen-bond acceptors (Lipinski definition) is 4. The zero-order chi connectivity index (χ0) is 19.4. The third-order valence-electron chi connectivity index (χ3n) is 5.18. The molecule has 1 unspecified atom stereocenters. The molecule has 1 aromatic carbocycles. The summed E-state index contributed by atoms with van der Waals surface area (Å²) in [5.41, 5.74) is 0.975. The summed E-state index contributed by atoms with van der Waals surface area (Å²) >= 11 is 0.